The van der Waals surface area contributed by atoms with E-state index in [4.69, 9.17) is 26.8 Å². The lowest BCUT2D eigenvalue weighted by molar-refractivity contribution is 0.0374. The van der Waals surface area contributed by atoms with E-state index in [1.165, 1.54) is 12.1 Å². The van der Waals surface area contributed by atoms with E-state index in [0.29, 0.717) is 22.7 Å². The van der Waals surface area contributed by atoms with Crippen molar-refractivity contribution in [3.05, 3.63) is 46.7 Å². The molecule has 0 radical (unpaired) electrons. The topological polar surface area (TPSA) is 73.5 Å². The van der Waals surface area contributed by atoms with Crippen molar-refractivity contribution in [2.75, 3.05) is 45.7 Å². The van der Waals surface area contributed by atoms with Gasteiger partial charge in [0.25, 0.3) is 0 Å². The number of fused-ring (bicyclic) bond motifs is 1. The van der Waals surface area contributed by atoms with Gasteiger partial charge < -0.3 is 15.2 Å². The fourth-order valence-electron chi connectivity index (χ4n) is 3.69. The molecule has 0 aliphatic carbocycles. The average Bonchev–Trinajstić information content (AvgIpc) is 2.76. The number of benzene rings is 2. The van der Waals surface area contributed by atoms with Crippen molar-refractivity contribution in [2.24, 2.45) is 0 Å². The number of nitrogens with zero attached hydrogens (tertiary/aromatic N) is 3. The van der Waals surface area contributed by atoms with Gasteiger partial charge in [0.15, 0.2) is 5.82 Å². The van der Waals surface area contributed by atoms with Gasteiger partial charge in [0.2, 0.25) is 0 Å². The Bertz CT molecular complexity index is 1060. The highest BCUT2D eigenvalue weighted by Gasteiger charge is 2.15. The largest absolute Gasteiger partial charge is 0.496 e. The Morgan fingerprint density at radius 2 is 2.00 bits per heavy atom. The second-order valence-corrected chi connectivity index (χ2v) is 7.71. The van der Waals surface area contributed by atoms with Crippen molar-refractivity contribution in [3.8, 4) is 17.1 Å². The molecule has 6 nitrogen and oxygen atoms in total. The van der Waals surface area contributed by atoms with Gasteiger partial charge in [0.05, 0.1) is 30.9 Å². The van der Waals surface area contributed by atoms with Crippen LogP contribution in [0.15, 0.2) is 30.3 Å². The maximum atomic E-state index is 13.5. The Morgan fingerprint density at radius 1 is 1.20 bits per heavy atom. The normalized spacial score (nSPS) is 14.9. The molecule has 0 atom stereocenters. The highest BCUT2D eigenvalue weighted by molar-refractivity contribution is 6.31. The first-order valence-electron chi connectivity index (χ1n) is 9.95. The Labute approximate surface area is 179 Å². The molecule has 0 unspecified atom stereocenters. The van der Waals surface area contributed by atoms with E-state index in [1.807, 2.05) is 12.1 Å². The monoisotopic (exact) mass is 430 g/mol. The summed E-state index contributed by atoms with van der Waals surface area (Å²) in [7, 11) is 1.65. The number of hydrogen-bond donors (Lipinski definition) is 1. The highest BCUT2D eigenvalue weighted by atomic mass is 35.5. The molecule has 2 aromatic carbocycles. The summed E-state index contributed by atoms with van der Waals surface area (Å²) in [6, 6.07) is 8.25. The molecule has 1 aliphatic rings. The zero-order chi connectivity index (χ0) is 21.1. The molecule has 2 heterocycles. The Balaban J connectivity index is 1.60. The van der Waals surface area contributed by atoms with Crippen molar-refractivity contribution in [1.29, 1.82) is 0 Å². The molecule has 4 rings (SSSR count). The molecule has 8 heteroatoms. The molecule has 1 saturated heterocycles. The van der Waals surface area contributed by atoms with Gasteiger partial charge in [-0.1, -0.05) is 11.6 Å². The predicted octanol–water partition coefficient (Wildman–Crippen LogP) is 3.94. The number of morpholine rings is 1. The van der Waals surface area contributed by atoms with E-state index in [9.17, 15) is 4.39 Å². The second kappa shape index (κ2) is 9.12. The Kier molecular flexibility index (Phi) is 6.32. The minimum absolute atomic E-state index is 0.0166. The van der Waals surface area contributed by atoms with Crippen LogP contribution < -0.4 is 10.5 Å². The summed E-state index contributed by atoms with van der Waals surface area (Å²) in [5.41, 5.74) is 8.60. The summed E-state index contributed by atoms with van der Waals surface area (Å²) in [6.07, 6.45) is 1.88. The van der Waals surface area contributed by atoms with Crippen LogP contribution in [0.3, 0.4) is 0 Å². The summed E-state index contributed by atoms with van der Waals surface area (Å²) >= 11 is 5.90. The standard InChI is InChI=1S/C22H24ClFN4O2/c1-29-20-13-19-16(11-14(20)3-2-6-28-7-9-30-10-8-28)21(25)27-22(26-19)15-4-5-18(24)17(23)12-15/h4-5,11-13H,2-3,6-10H2,1H3,(H2,25,26,27). The minimum Gasteiger partial charge on any atom is -0.496 e. The number of rotatable bonds is 6. The lowest BCUT2D eigenvalue weighted by Gasteiger charge is -2.26. The van der Waals surface area contributed by atoms with Crippen LogP contribution in [0.25, 0.3) is 22.3 Å². The van der Waals surface area contributed by atoms with Gasteiger partial charge in [-0.15, -0.1) is 0 Å². The molecule has 3 aromatic rings. The van der Waals surface area contributed by atoms with Crippen LogP contribution in [0, 0.1) is 5.82 Å². The van der Waals surface area contributed by atoms with Gasteiger partial charge in [-0.3, -0.25) is 4.90 Å². The molecule has 0 amide bonds. The zero-order valence-corrected chi connectivity index (χ0v) is 17.6. The van der Waals surface area contributed by atoms with Crippen molar-refractivity contribution >= 4 is 28.3 Å². The average molecular weight is 431 g/mol. The Morgan fingerprint density at radius 3 is 2.73 bits per heavy atom. The van der Waals surface area contributed by atoms with Crippen LogP contribution in [0.5, 0.6) is 5.75 Å². The van der Waals surface area contributed by atoms with Crippen molar-refractivity contribution < 1.29 is 13.9 Å². The summed E-state index contributed by atoms with van der Waals surface area (Å²) in [6.45, 7) is 4.57. The van der Waals surface area contributed by atoms with E-state index in [-0.39, 0.29) is 5.02 Å². The van der Waals surface area contributed by atoms with Crippen LogP contribution in [0.1, 0.15) is 12.0 Å². The van der Waals surface area contributed by atoms with E-state index in [1.54, 1.807) is 13.2 Å². The molecule has 30 heavy (non-hydrogen) atoms. The minimum atomic E-state index is -0.488. The number of nitrogen functional groups attached to an aromatic ring is 1. The second-order valence-electron chi connectivity index (χ2n) is 7.30. The molecular weight excluding hydrogens is 407 g/mol. The van der Waals surface area contributed by atoms with Gasteiger partial charge in [0.1, 0.15) is 17.4 Å². The van der Waals surface area contributed by atoms with E-state index in [2.05, 4.69) is 14.9 Å². The number of hydrogen-bond acceptors (Lipinski definition) is 6. The van der Waals surface area contributed by atoms with E-state index >= 15 is 0 Å². The zero-order valence-electron chi connectivity index (χ0n) is 16.8. The van der Waals surface area contributed by atoms with Crippen LogP contribution in [0.2, 0.25) is 5.02 Å². The number of nitrogens with two attached hydrogens (primary N) is 1. The number of aryl methyl sites for hydroxylation is 1. The number of methoxy groups -OCH3 is 1. The Hall–Kier alpha value is -2.48. The maximum absolute atomic E-state index is 13.5. The summed E-state index contributed by atoms with van der Waals surface area (Å²) in [4.78, 5) is 11.4. The quantitative estimate of drug-likeness (QED) is 0.638. The van der Waals surface area contributed by atoms with Gasteiger partial charge in [-0.25, -0.2) is 14.4 Å². The van der Waals surface area contributed by atoms with Crippen molar-refractivity contribution in [1.82, 2.24) is 14.9 Å². The van der Waals surface area contributed by atoms with Gasteiger partial charge in [-0.05, 0) is 49.2 Å². The molecule has 2 N–H and O–H groups in total. The number of anilines is 1. The molecule has 1 aliphatic heterocycles. The van der Waals surface area contributed by atoms with Gasteiger partial charge in [0, 0.05) is 30.1 Å². The fourth-order valence-corrected chi connectivity index (χ4v) is 3.87. The van der Waals surface area contributed by atoms with E-state index < -0.39 is 5.82 Å². The van der Waals surface area contributed by atoms with Crippen molar-refractivity contribution in [2.45, 2.75) is 12.8 Å². The number of ether oxygens (including phenoxy) is 2. The lowest BCUT2D eigenvalue weighted by atomic mass is 10.0. The summed E-state index contributed by atoms with van der Waals surface area (Å²) < 4.78 is 24.5. The fraction of sp³-hybridized carbons (Fsp3) is 0.364. The molecule has 1 fully saturated rings. The molecule has 0 spiro atoms. The van der Waals surface area contributed by atoms with Crippen LogP contribution in [-0.2, 0) is 11.2 Å². The first kappa shape index (κ1) is 20.8. The lowest BCUT2D eigenvalue weighted by Crippen LogP contribution is -2.36. The van der Waals surface area contributed by atoms with Crippen LogP contribution in [-0.4, -0.2) is 54.8 Å². The van der Waals surface area contributed by atoms with E-state index in [0.717, 1.165) is 62.4 Å². The SMILES string of the molecule is COc1cc2nc(-c3ccc(F)c(Cl)c3)nc(N)c2cc1CCCN1CCOCC1. The predicted molar refractivity (Wildman–Crippen MR) is 116 cm³/mol. The van der Waals surface area contributed by atoms with Crippen molar-refractivity contribution in [3.63, 3.8) is 0 Å². The molecule has 0 bridgehead atoms. The molecule has 0 saturated carbocycles. The third-order valence-corrected chi connectivity index (χ3v) is 5.62. The molecule has 1 aromatic heterocycles. The first-order valence-corrected chi connectivity index (χ1v) is 10.3. The number of halogens is 2. The third-order valence-electron chi connectivity index (χ3n) is 5.33. The molecular formula is C22H24ClFN4O2. The van der Waals surface area contributed by atoms with Crippen LogP contribution >= 0.6 is 11.6 Å². The van der Waals surface area contributed by atoms with Gasteiger partial charge in [-0.2, -0.15) is 0 Å². The first-order chi connectivity index (χ1) is 14.5. The third kappa shape index (κ3) is 4.48. The highest BCUT2D eigenvalue weighted by Crippen LogP contribution is 2.31. The van der Waals surface area contributed by atoms with Crippen LogP contribution in [0.4, 0.5) is 10.2 Å². The molecule has 158 valence electrons. The maximum Gasteiger partial charge on any atom is 0.162 e. The van der Waals surface area contributed by atoms with Gasteiger partial charge >= 0.3 is 0 Å². The summed E-state index contributed by atoms with van der Waals surface area (Å²) in [5, 5.41) is 0.789. The summed E-state index contributed by atoms with van der Waals surface area (Å²) in [5.74, 6) is 1.04. The smallest absolute Gasteiger partial charge is 0.162 e. The number of aromatic nitrogens is 2.